The topological polar surface area (TPSA) is 71.1 Å². The maximum atomic E-state index is 12.7. The van der Waals surface area contributed by atoms with Gasteiger partial charge in [0.1, 0.15) is 0 Å². The van der Waals surface area contributed by atoms with Gasteiger partial charge in [0.2, 0.25) is 0 Å². The second kappa shape index (κ2) is 19.7. The fraction of sp³-hybridized carbons (Fsp3) is 0.333. The second-order valence-electron chi connectivity index (χ2n) is 12.6. The number of methoxy groups -OCH3 is 2. The first-order valence-electron chi connectivity index (χ1n) is 15.9. The molecule has 0 aromatic heterocycles. The van der Waals surface area contributed by atoms with E-state index < -0.39 is 8.07 Å². The van der Waals surface area contributed by atoms with Crippen LogP contribution < -0.4 is 13.7 Å². The molecule has 0 aliphatic rings. The average Bonchev–Trinajstić information content (AvgIpc) is 3.05. The van der Waals surface area contributed by atoms with E-state index in [9.17, 15) is 9.59 Å². The predicted octanol–water partition coefficient (Wildman–Crippen LogP) is 6.62. The van der Waals surface area contributed by atoms with Crippen molar-refractivity contribution in [2.75, 3.05) is 27.6 Å². The third-order valence-electron chi connectivity index (χ3n) is 7.18. The molecule has 256 valence electrons. The molecule has 0 saturated heterocycles. The van der Waals surface area contributed by atoms with Crippen molar-refractivity contribution in [1.82, 2.24) is 0 Å². The summed E-state index contributed by atoms with van der Waals surface area (Å²) in [5.74, 6) is -0.0258. The summed E-state index contributed by atoms with van der Waals surface area (Å²) in [5, 5.41) is 1.71. The molecule has 6 nitrogen and oxygen atoms in total. The van der Waals surface area contributed by atoms with Gasteiger partial charge in [-0.2, -0.15) is 0 Å². The Hall–Kier alpha value is -3.16. The average molecular weight is 799 g/mol. The number of hydrogen-bond donors (Lipinski definition) is 0. The Morgan fingerprint density at radius 1 is 0.688 bits per heavy atom. The maximum absolute atomic E-state index is 12.7. The zero-order valence-electron chi connectivity index (χ0n) is 29.4. The summed E-state index contributed by atoms with van der Waals surface area (Å²) < 4.78 is 23.7. The van der Waals surface area contributed by atoms with Gasteiger partial charge in [0.15, 0.2) is 0 Å². The van der Waals surface area contributed by atoms with Gasteiger partial charge >= 0.3 is 302 Å². The van der Waals surface area contributed by atoms with Crippen LogP contribution in [0.15, 0.2) is 84.9 Å². The fourth-order valence-electron chi connectivity index (χ4n) is 4.85. The van der Waals surface area contributed by atoms with Crippen LogP contribution in [0, 0.1) is 20.8 Å². The first-order chi connectivity index (χ1) is 22.9. The number of hydrogen-bond acceptors (Lipinski definition) is 6. The molecule has 4 rings (SSSR count). The Bertz CT molecular complexity index is 1620. The Balaban J connectivity index is 0.000000261. The summed E-state index contributed by atoms with van der Waals surface area (Å²) in [5.41, 5.74) is 6.62. The molecule has 0 spiro atoms. The second-order valence-corrected chi connectivity index (χ2v) is 22.6. The van der Waals surface area contributed by atoms with Gasteiger partial charge in [0.05, 0.1) is 0 Å². The molecule has 0 aliphatic carbocycles. The van der Waals surface area contributed by atoms with Crippen molar-refractivity contribution in [3.63, 3.8) is 0 Å². The van der Waals surface area contributed by atoms with Crippen LogP contribution in [0.1, 0.15) is 48.5 Å². The van der Waals surface area contributed by atoms with Gasteiger partial charge in [0, 0.05) is 0 Å². The molecule has 9 heteroatoms. The van der Waals surface area contributed by atoms with Crippen LogP contribution in [0.25, 0.3) is 0 Å². The van der Waals surface area contributed by atoms with E-state index in [0.29, 0.717) is 32.9 Å². The molecule has 4 aromatic rings. The summed E-state index contributed by atoms with van der Waals surface area (Å²) in [7, 11) is 1.74. The monoisotopic (exact) mass is 800 g/mol. The van der Waals surface area contributed by atoms with E-state index in [1.165, 1.54) is 21.6 Å². The Kier molecular flexibility index (Phi) is 16.2. The van der Waals surface area contributed by atoms with Gasteiger partial charge in [-0.3, -0.25) is 0 Å². The van der Waals surface area contributed by atoms with Crippen molar-refractivity contribution in [1.29, 1.82) is 0 Å². The molecule has 0 saturated carbocycles. The number of aryl methyl sites for hydroxylation is 3. The molecule has 0 bridgehead atoms. The van der Waals surface area contributed by atoms with Crippen LogP contribution in [-0.4, -0.2) is 77.5 Å². The van der Waals surface area contributed by atoms with Gasteiger partial charge in [-0.15, -0.1) is 0 Å². The minimum absolute atomic E-state index is 0.0940. The van der Waals surface area contributed by atoms with Crippen molar-refractivity contribution in [3.05, 3.63) is 124 Å². The number of benzene rings is 4. The van der Waals surface area contributed by atoms with Gasteiger partial charge in [-0.1, -0.05) is 0 Å². The quantitative estimate of drug-likeness (QED) is 0.0812. The van der Waals surface area contributed by atoms with Crippen LogP contribution in [0.3, 0.4) is 0 Å². The molecule has 0 radical (unpaired) electrons. The van der Waals surface area contributed by atoms with Gasteiger partial charge in [-0.05, 0) is 0 Å². The third-order valence-corrected chi connectivity index (χ3v) is 13.3. The van der Waals surface area contributed by atoms with Crippen LogP contribution in [0.5, 0.6) is 5.75 Å². The fourth-order valence-corrected chi connectivity index (χ4v) is 9.34. The molecule has 4 aromatic carbocycles. The third kappa shape index (κ3) is 13.0. The number of ether oxygens (including phenoxy) is 4. The predicted molar refractivity (Wildman–Crippen MR) is 200 cm³/mol. The molecular formula is C39H48O6Se2Si. The van der Waals surface area contributed by atoms with Gasteiger partial charge in [0.25, 0.3) is 0 Å². The van der Waals surface area contributed by atoms with E-state index in [2.05, 4.69) is 75.1 Å². The molecule has 0 N–H and O–H groups in total. The van der Waals surface area contributed by atoms with Crippen LogP contribution >= 0.6 is 0 Å². The standard InChI is InChI=1S/C21H28O2SeSi.C18H20O4Se/c1-16-13-17(2)20(21(22)23-11-12-25(3,4)5)18(14-16)15-24-19-9-7-6-8-10-19;1-13-9-14(11-23-15-7-5-4-6-8-15)17(18(19)21-3)16(10-13)22-12-20-2/h6-10,13-14H,11-12,15H2,1-5H3;4-10H,11-12H2,1-3H3. The van der Waals surface area contributed by atoms with E-state index in [1.54, 1.807) is 7.11 Å². The van der Waals surface area contributed by atoms with E-state index in [4.69, 9.17) is 18.9 Å². The Morgan fingerprint density at radius 3 is 1.71 bits per heavy atom. The molecule has 0 unspecified atom stereocenters. The molecule has 0 amide bonds. The zero-order chi connectivity index (χ0) is 35.1. The van der Waals surface area contributed by atoms with Crippen LogP contribution in [0.2, 0.25) is 25.7 Å². The molecular weight excluding hydrogens is 750 g/mol. The van der Waals surface area contributed by atoms with Crippen molar-refractivity contribution in [2.24, 2.45) is 0 Å². The van der Waals surface area contributed by atoms with Gasteiger partial charge < -0.3 is 0 Å². The minimum atomic E-state index is -1.19. The number of carbonyl (C=O) groups excluding carboxylic acids is 2. The first-order valence-corrected chi connectivity index (χ1v) is 23.7. The molecule has 0 heterocycles. The van der Waals surface area contributed by atoms with Crippen molar-refractivity contribution in [3.8, 4) is 5.75 Å². The zero-order valence-corrected chi connectivity index (χ0v) is 33.8. The van der Waals surface area contributed by atoms with Crippen molar-refractivity contribution in [2.45, 2.75) is 57.1 Å². The molecule has 0 aliphatic heterocycles. The summed E-state index contributed by atoms with van der Waals surface area (Å²) in [6.07, 6.45) is 0. The van der Waals surface area contributed by atoms with Gasteiger partial charge in [-0.25, -0.2) is 0 Å². The van der Waals surface area contributed by atoms with Crippen LogP contribution in [0.4, 0.5) is 0 Å². The van der Waals surface area contributed by atoms with E-state index in [-0.39, 0.29) is 33.7 Å². The molecule has 0 fully saturated rings. The Morgan fingerprint density at radius 2 is 1.21 bits per heavy atom. The summed E-state index contributed by atoms with van der Waals surface area (Å²) >= 11 is 0.547. The SMILES string of the molecule is COCOc1cc(C)cc(C[Se]c2ccccc2)c1C(=O)OC.Cc1cc(C)c(C(=O)OCC[Si](C)(C)C)c(C[Se]c2ccccc2)c1. The summed E-state index contributed by atoms with van der Waals surface area (Å²) in [4.78, 5) is 24.9. The Labute approximate surface area is 300 Å². The van der Waals surface area contributed by atoms with E-state index >= 15 is 0 Å². The van der Waals surface area contributed by atoms with Crippen LogP contribution in [-0.2, 0) is 24.8 Å². The summed E-state index contributed by atoms with van der Waals surface area (Å²) in [6, 6.07) is 29.9. The molecule has 0 atom stereocenters. The summed E-state index contributed by atoms with van der Waals surface area (Å²) in [6.45, 7) is 13.6. The van der Waals surface area contributed by atoms with Crippen molar-refractivity contribution >= 4 is 58.8 Å². The normalized spacial score (nSPS) is 10.9. The first kappa shape index (κ1) is 39.3. The van der Waals surface area contributed by atoms with Crippen molar-refractivity contribution < 1.29 is 28.5 Å². The van der Waals surface area contributed by atoms with E-state index in [1.807, 2.05) is 50.2 Å². The number of esters is 2. The molecule has 48 heavy (non-hydrogen) atoms. The van der Waals surface area contributed by atoms with E-state index in [0.717, 1.165) is 44.5 Å². The number of rotatable bonds is 14. The number of carbonyl (C=O) groups is 2.